The van der Waals surface area contributed by atoms with Crippen LogP contribution in [0.2, 0.25) is 0 Å². The molecule has 3 saturated carbocycles. The quantitative estimate of drug-likeness (QED) is 0.497. The minimum Gasteiger partial charge on any atom is -0.393 e. The molecule has 0 heterocycles. The van der Waals surface area contributed by atoms with E-state index in [1.54, 1.807) is 5.57 Å². The highest BCUT2D eigenvalue weighted by atomic mass is 16.5. The van der Waals surface area contributed by atoms with Crippen molar-refractivity contribution in [3.8, 4) is 0 Å². The van der Waals surface area contributed by atoms with Crippen molar-refractivity contribution in [2.24, 2.45) is 40.4 Å². The summed E-state index contributed by atoms with van der Waals surface area (Å²) in [6, 6.07) is 0. The molecule has 0 spiro atoms. The molecule has 0 aromatic heterocycles. The number of methoxy groups -OCH3 is 1. The fourth-order valence-corrected chi connectivity index (χ4v) is 8.51. The van der Waals surface area contributed by atoms with Gasteiger partial charge in [-0.05, 0) is 105 Å². The van der Waals surface area contributed by atoms with Crippen LogP contribution >= 0.6 is 0 Å². The lowest BCUT2D eigenvalue weighted by Gasteiger charge is -2.58. The molecule has 8 atom stereocenters. The fourth-order valence-electron chi connectivity index (χ4n) is 8.51. The Kier molecular flexibility index (Phi) is 6.26. The van der Waals surface area contributed by atoms with Gasteiger partial charge >= 0.3 is 0 Å². The van der Waals surface area contributed by atoms with Crippen LogP contribution in [-0.2, 0) is 4.74 Å². The Hall–Kier alpha value is -0.340. The van der Waals surface area contributed by atoms with Crippen LogP contribution in [0.5, 0.6) is 0 Å². The van der Waals surface area contributed by atoms with E-state index in [1.807, 2.05) is 7.11 Å². The van der Waals surface area contributed by atoms with E-state index in [-0.39, 0.29) is 6.10 Å². The van der Waals surface area contributed by atoms with Crippen molar-refractivity contribution in [2.75, 3.05) is 7.11 Å². The molecule has 2 nitrogen and oxygen atoms in total. The van der Waals surface area contributed by atoms with E-state index in [1.165, 1.54) is 57.8 Å². The first-order chi connectivity index (χ1) is 13.8. The smallest absolute Gasteiger partial charge is 0.0594 e. The summed E-state index contributed by atoms with van der Waals surface area (Å²) in [6.07, 6.45) is 17.1. The normalized spacial score (nSPS) is 45.3. The van der Waals surface area contributed by atoms with Crippen LogP contribution in [0.3, 0.4) is 0 Å². The van der Waals surface area contributed by atoms with Gasteiger partial charge in [0, 0.05) is 7.11 Å². The number of hydrogen-bond acceptors (Lipinski definition) is 2. The average Bonchev–Trinajstić information content (AvgIpc) is 3.02. The Balaban J connectivity index is 1.43. The van der Waals surface area contributed by atoms with E-state index >= 15 is 0 Å². The molecule has 2 heteroatoms. The van der Waals surface area contributed by atoms with Crippen molar-refractivity contribution in [1.29, 1.82) is 0 Å². The van der Waals surface area contributed by atoms with E-state index in [0.717, 1.165) is 36.5 Å². The summed E-state index contributed by atoms with van der Waals surface area (Å²) in [4.78, 5) is 0. The van der Waals surface area contributed by atoms with Crippen molar-refractivity contribution in [2.45, 2.75) is 111 Å². The monoisotopic (exact) mass is 402 g/mol. The van der Waals surface area contributed by atoms with Gasteiger partial charge < -0.3 is 9.84 Å². The Morgan fingerprint density at radius 2 is 1.90 bits per heavy atom. The van der Waals surface area contributed by atoms with Gasteiger partial charge in [-0.2, -0.15) is 0 Å². The second-order valence-electron chi connectivity index (χ2n) is 11.9. The highest BCUT2D eigenvalue weighted by Crippen LogP contribution is 2.66. The summed E-state index contributed by atoms with van der Waals surface area (Å²) in [5.74, 6) is 4.23. The number of hydrogen-bond donors (Lipinski definition) is 1. The van der Waals surface area contributed by atoms with Crippen molar-refractivity contribution in [3.63, 3.8) is 0 Å². The molecule has 0 bridgehead atoms. The molecule has 0 aromatic rings. The van der Waals surface area contributed by atoms with E-state index in [2.05, 4.69) is 33.8 Å². The number of allylic oxidation sites excluding steroid dienone is 1. The first-order valence-corrected chi connectivity index (χ1v) is 12.7. The van der Waals surface area contributed by atoms with Crippen molar-refractivity contribution >= 4 is 0 Å². The van der Waals surface area contributed by atoms with Crippen molar-refractivity contribution in [3.05, 3.63) is 11.6 Å². The lowest BCUT2D eigenvalue weighted by Crippen LogP contribution is -2.50. The Bertz CT molecular complexity index is 610. The van der Waals surface area contributed by atoms with E-state index in [0.29, 0.717) is 22.9 Å². The molecule has 0 radical (unpaired) electrons. The largest absolute Gasteiger partial charge is 0.393 e. The third kappa shape index (κ3) is 3.75. The molecule has 0 amide bonds. The summed E-state index contributed by atoms with van der Waals surface area (Å²) in [5.41, 5.74) is 2.55. The maximum Gasteiger partial charge on any atom is 0.0594 e. The van der Waals surface area contributed by atoms with E-state index in [4.69, 9.17) is 4.74 Å². The Morgan fingerprint density at radius 3 is 2.62 bits per heavy atom. The topological polar surface area (TPSA) is 29.5 Å². The minimum absolute atomic E-state index is 0.0858. The van der Waals surface area contributed by atoms with Gasteiger partial charge in [-0.15, -0.1) is 0 Å². The van der Waals surface area contributed by atoms with Crippen LogP contribution in [-0.4, -0.2) is 24.4 Å². The van der Waals surface area contributed by atoms with Crippen LogP contribution in [0.1, 0.15) is 98.3 Å². The third-order valence-electron chi connectivity index (χ3n) is 10.4. The predicted octanol–water partition coefficient (Wildman–Crippen LogP) is 6.77. The molecule has 0 aromatic carbocycles. The molecule has 166 valence electrons. The van der Waals surface area contributed by atoms with Crippen LogP contribution in [0.25, 0.3) is 0 Å². The van der Waals surface area contributed by atoms with Crippen LogP contribution < -0.4 is 0 Å². The molecule has 4 aliphatic rings. The molecule has 0 aliphatic heterocycles. The zero-order chi connectivity index (χ0) is 20.8. The van der Waals surface area contributed by atoms with Gasteiger partial charge in [0.15, 0.2) is 0 Å². The first-order valence-electron chi connectivity index (χ1n) is 12.7. The molecule has 4 aliphatic carbocycles. The maximum absolute atomic E-state index is 10.2. The molecule has 4 rings (SSSR count). The molecule has 3 fully saturated rings. The lowest BCUT2D eigenvalue weighted by atomic mass is 9.47. The zero-order valence-electron chi connectivity index (χ0n) is 19.8. The molecular formula is C27H46O2. The van der Waals surface area contributed by atoms with Crippen LogP contribution in [0.15, 0.2) is 11.6 Å². The molecule has 29 heavy (non-hydrogen) atoms. The lowest BCUT2D eigenvalue weighted by molar-refractivity contribution is -0.0513. The second-order valence-corrected chi connectivity index (χ2v) is 11.9. The Labute approximate surface area is 179 Å². The minimum atomic E-state index is -0.0858. The molecule has 0 saturated heterocycles. The van der Waals surface area contributed by atoms with Crippen LogP contribution in [0, 0.1) is 40.4 Å². The van der Waals surface area contributed by atoms with Gasteiger partial charge in [-0.1, -0.05) is 45.8 Å². The standard InChI is InChI=1S/C27H46O2/c1-18(2)25(29-5)8-6-7-19-10-12-23-22-11-9-20-17-21(28)13-15-27(20,4)24(22)14-16-26(19,23)3/h9,18-19,21-25,28H,6-8,10-17H2,1-5H3/t19-,21-,22-,23-,24-,25+,26+,27-/m0/s1. The fraction of sp³-hybridized carbons (Fsp3) is 0.926. The van der Waals surface area contributed by atoms with Gasteiger partial charge in [-0.25, -0.2) is 0 Å². The second kappa shape index (κ2) is 8.30. The summed E-state index contributed by atoms with van der Waals surface area (Å²) in [5, 5.41) is 10.2. The van der Waals surface area contributed by atoms with Crippen molar-refractivity contribution in [1.82, 2.24) is 0 Å². The molecule has 1 N–H and O–H groups in total. The SMILES string of the molecule is CO[C@H](CCC[C@H]1CC[C@H]2[C@@H]3CC=C4C[C@@H](O)CC[C@]4(C)[C@H]3CC[C@]12C)C(C)C. The highest BCUT2D eigenvalue weighted by Gasteiger charge is 2.58. The molecule has 0 unspecified atom stereocenters. The van der Waals surface area contributed by atoms with E-state index < -0.39 is 0 Å². The van der Waals surface area contributed by atoms with Crippen LogP contribution in [0.4, 0.5) is 0 Å². The summed E-state index contributed by atoms with van der Waals surface area (Å²) in [6.45, 7) is 9.79. The number of aliphatic hydroxyl groups excluding tert-OH is 1. The number of rotatable bonds is 6. The van der Waals surface area contributed by atoms with Gasteiger partial charge in [0.25, 0.3) is 0 Å². The predicted molar refractivity (Wildman–Crippen MR) is 121 cm³/mol. The summed E-state index contributed by atoms with van der Waals surface area (Å²) in [7, 11) is 1.88. The maximum atomic E-state index is 10.2. The van der Waals surface area contributed by atoms with E-state index in [9.17, 15) is 5.11 Å². The number of aliphatic hydroxyl groups is 1. The summed E-state index contributed by atoms with van der Waals surface area (Å²) >= 11 is 0. The summed E-state index contributed by atoms with van der Waals surface area (Å²) < 4.78 is 5.72. The van der Waals surface area contributed by atoms with Gasteiger partial charge in [0.05, 0.1) is 12.2 Å². The number of fused-ring (bicyclic) bond motifs is 5. The number of ether oxygens (including phenoxy) is 1. The van der Waals surface area contributed by atoms with Crippen molar-refractivity contribution < 1.29 is 9.84 Å². The zero-order valence-corrected chi connectivity index (χ0v) is 19.8. The average molecular weight is 403 g/mol. The van der Waals surface area contributed by atoms with Gasteiger partial charge in [0.1, 0.15) is 0 Å². The highest BCUT2D eigenvalue weighted by molar-refractivity contribution is 5.25. The molecular weight excluding hydrogens is 356 g/mol. The third-order valence-corrected chi connectivity index (χ3v) is 10.4. The van der Waals surface area contributed by atoms with Gasteiger partial charge in [0.2, 0.25) is 0 Å². The first kappa shape index (κ1) is 21.9. The van der Waals surface area contributed by atoms with Gasteiger partial charge in [-0.3, -0.25) is 0 Å². The Morgan fingerprint density at radius 1 is 1.10 bits per heavy atom.